The molecule has 1 heterocycles. The Morgan fingerprint density at radius 2 is 1.83 bits per heavy atom. The van der Waals surface area contributed by atoms with Crippen LogP contribution < -0.4 is 15.4 Å². The topological polar surface area (TPSA) is 73.8 Å². The number of rotatable bonds is 6. The summed E-state index contributed by atoms with van der Waals surface area (Å²) in [5.41, 5.74) is 1.22. The average molecular weight is 401 g/mol. The second-order valence-corrected chi connectivity index (χ2v) is 7.97. The first-order chi connectivity index (χ1) is 13.8. The van der Waals surface area contributed by atoms with Crippen molar-refractivity contribution in [2.45, 2.75) is 31.3 Å². The fourth-order valence-corrected chi connectivity index (χ4v) is 3.60. The Labute approximate surface area is 170 Å². The number of aliphatic hydroxyl groups excluding tert-OH is 1. The van der Waals surface area contributed by atoms with Gasteiger partial charge in [-0.3, -0.25) is 4.90 Å². The van der Waals surface area contributed by atoms with Crippen LogP contribution in [-0.2, 0) is 0 Å². The van der Waals surface area contributed by atoms with Crippen LogP contribution in [0.4, 0.5) is 14.9 Å². The molecule has 0 saturated carbocycles. The molecule has 7 heteroatoms. The molecule has 2 amide bonds. The van der Waals surface area contributed by atoms with Crippen LogP contribution in [0, 0.1) is 5.82 Å². The average Bonchev–Trinajstić information content (AvgIpc) is 3.14. The molecule has 2 atom stereocenters. The molecular formula is C22H28FN3O3. The highest BCUT2D eigenvalue weighted by Crippen LogP contribution is 2.33. The Hall–Kier alpha value is -2.64. The number of ether oxygens (including phenoxy) is 1. The van der Waals surface area contributed by atoms with Gasteiger partial charge in [0.25, 0.3) is 0 Å². The van der Waals surface area contributed by atoms with Crippen molar-refractivity contribution in [3.63, 3.8) is 0 Å². The van der Waals surface area contributed by atoms with E-state index in [9.17, 15) is 14.3 Å². The number of hydrogen-bond donors (Lipinski definition) is 3. The van der Waals surface area contributed by atoms with E-state index in [-0.39, 0.29) is 30.4 Å². The summed E-state index contributed by atoms with van der Waals surface area (Å²) in [6.07, 6.45) is 0. The summed E-state index contributed by atoms with van der Waals surface area (Å²) >= 11 is 0. The molecule has 1 aliphatic rings. The van der Waals surface area contributed by atoms with E-state index in [1.807, 2.05) is 38.1 Å². The van der Waals surface area contributed by atoms with E-state index in [0.717, 1.165) is 11.3 Å². The Morgan fingerprint density at radius 3 is 2.41 bits per heavy atom. The lowest BCUT2D eigenvalue weighted by atomic mass is 9.94. The number of anilines is 1. The molecule has 0 spiro atoms. The Balaban J connectivity index is 1.76. The normalized spacial score (nSPS) is 19.8. The first kappa shape index (κ1) is 21.1. The van der Waals surface area contributed by atoms with Gasteiger partial charge in [0.2, 0.25) is 0 Å². The summed E-state index contributed by atoms with van der Waals surface area (Å²) in [5, 5.41) is 15.6. The van der Waals surface area contributed by atoms with Crippen LogP contribution >= 0.6 is 0 Å². The molecule has 0 aliphatic carbocycles. The van der Waals surface area contributed by atoms with Gasteiger partial charge in [-0.05, 0) is 55.8 Å². The Bertz CT molecular complexity index is 824. The molecule has 3 rings (SSSR count). The van der Waals surface area contributed by atoms with E-state index >= 15 is 0 Å². The first-order valence-electron chi connectivity index (χ1n) is 9.65. The predicted molar refractivity (Wildman–Crippen MR) is 111 cm³/mol. The number of nitrogens with zero attached hydrogens (tertiary/aromatic N) is 1. The summed E-state index contributed by atoms with van der Waals surface area (Å²) in [6.45, 7) is 5.32. The van der Waals surface area contributed by atoms with E-state index in [4.69, 9.17) is 4.74 Å². The van der Waals surface area contributed by atoms with Crippen molar-refractivity contribution in [2.24, 2.45) is 0 Å². The van der Waals surface area contributed by atoms with Crippen molar-refractivity contribution in [1.82, 2.24) is 10.2 Å². The number of aliphatic hydroxyl groups is 1. The summed E-state index contributed by atoms with van der Waals surface area (Å²) in [5.74, 6) is 0.483. The number of methoxy groups -OCH3 is 1. The predicted octanol–water partition coefficient (Wildman–Crippen LogP) is 3.19. The molecule has 6 nitrogen and oxygen atoms in total. The van der Waals surface area contributed by atoms with Crippen molar-refractivity contribution in [1.29, 1.82) is 0 Å². The van der Waals surface area contributed by atoms with Gasteiger partial charge in [0.1, 0.15) is 11.6 Å². The van der Waals surface area contributed by atoms with Crippen molar-refractivity contribution in [3.8, 4) is 5.75 Å². The summed E-state index contributed by atoms with van der Waals surface area (Å²) < 4.78 is 18.3. The van der Waals surface area contributed by atoms with E-state index < -0.39 is 5.54 Å². The maximum Gasteiger partial charge on any atom is 0.319 e. The number of benzene rings is 2. The van der Waals surface area contributed by atoms with Crippen LogP contribution in [0.5, 0.6) is 5.75 Å². The minimum absolute atomic E-state index is 0.0246. The lowest BCUT2D eigenvalue weighted by Crippen LogP contribution is -2.47. The van der Waals surface area contributed by atoms with Gasteiger partial charge in [-0.15, -0.1) is 0 Å². The number of urea groups is 1. The maximum atomic E-state index is 13.1. The minimum atomic E-state index is -0.394. The van der Waals surface area contributed by atoms with E-state index in [2.05, 4.69) is 15.5 Å². The van der Waals surface area contributed by atoms with Gasteiger partial charge in [0.15, 0.2) is 0 Å². The van der Waals surface area contributed by atoms with Crippen LogP contribution in [0.1, 0.15) is 25.3 Å². The van der Waals surface area contributed by atoms with Crippen LogP contribution in [0.15, 0.2) is 48.5 Å². The lowest BCUT2D eigenvalue weighted by Gasteiger charge is -2.33. The highest BCUT2D eigenvalue weighted by Gasteiger charge is 2.40. The number of halogens is 1. The van der Waals surface area contributed by atoms with Crippen molar-refractivity contribution < 1.29 is 19.0 Å². The van der Waals surface area contributed by atoms with Crippen LogP contribution in [0.2, 0.25) is 0 Å². The number of carbonyl (C=O) groups excluding carboxylic acids is 1. The molecule has 3 N–H and O–H groups in total. The van der Waals surface area contributed by atoms with Crippen molar-refractivity contribution in [3.05, 3.63) is 59.9 Å². The van der Waals surface area contributed by atoms with Gasteiger partial charge in [0.05, 0.1) is 19.8 Å². The zero-order chi connectivity index (χ0) is 21.0. The molecule has 0 radical (unpaired) electrons. The number of hydrogen-bond acceptors (Lipinski definition) is 4. The van der Waals surface area contributed by atoms with Crippen LogP contribution in [0.25, 0.3) is 0 Å². The van der Waals surface area contributed by atoms with Gasteiger partial charge in [-0.1, -0.05) is 12.1 Å². The molecule has 1 aliphatic heterocycles. The molecule has 0 unspecified atom stereocenters. The van der Waals surface area contributed by atoms with Gasteiger partial charge in [0, 0.05) is 30.2 Å². The molecular weight excluding hydrogens is 373 g/mol. The third-order valence-corrected chi connectivity index (χ3v) is 5.53. The van der Waals surface area contributed by atoms with E-state index in [1.165, 1.54) is 24.3 Å². The fraction of sp³-hybridized carbons (Fsp3) is 0.409. The quantitative estimate of drug-likeness (QED) is 0.695. The number of nitrogens with one attached hydrogen (secondary N) is 2. The van der Waals surface area contributed by atoms with Gasteiger partial charge in [-0.25, -0.2) is 9.18 Å². The highest BCUT2D eigenvalue weighted by molar-refractivity contribution is 5.89. The van der Waals surface area contributed by atoms with Crippen LogP contribution in [0.3, 0.4) is 0 Å². The Morgan fingerprint density at radius 1 is 1.17 bits per heavy atom. The molecule has 2 aromatic rings. The van der Waals surface area contributed by atoms with Crippen molar-refractivity contribution >= 4 is 11.7 Å². The monoisotopic (exact) mass is 401 g/mol. The second-order valence-electron chi connectivity index (χ2n) is 7.97. The number of carbonyl (C=O) groups is 1. The molecule has 0 aromatic heterocycles. The van der Waals surface area contributed by atoms with Crippen molar-refractivity contribution in [2.75, 3.05) is 32.1 Å². The van der Waals surface area contributed by atoms with E-state index in [0.29, 0.717) is 18.8 Å². The molecule has 29 heavy (non-hydrogen) atoms. The second kappa shape index (κ2) is 8.80. The maximum absolute atomic E-state index is 13.1. The smallest absolute Gasteiger partial charge is 0.319 e. The first-order valence-corrected chi connectivity index (χ1v) is 9.65. The minimum Gasteiger partial charge on any atom is -0.497 e. The molecule has 156 valence electrons. The standard InChI is InChI=1S/C22H28FN3O3/c1-22(2,14-27)26-12-19(15-4-10-18(29-3)11-5-15)20(13-26)25-21(28)24-17-8-6-16(23)7-9-17/h4-11,19-20,27H,12-14H2,1-3H3,(H2,24,25,28)/t19-,20+/m0/s1. The van der Waals surface area contributed by atoms with E-state index in [1.54, 1.807) is 7.11 Å². The Kier molecular flexibility index (Phi) is 6.39. The van der Waals surface area contributed by atoms with Gasteiger partial charge >= 0.3 is 6.03 Å². The molecule has 2 aromatic carbocycles. The fourth-order valence-electron chi connectivity index (χ4n) is 3.60. The lowest BCUT2D eigenvalue weighted by molar-refractivity contribution is 0.0750. The molecule has 1 saturated heterocycles. The highest BCUT2D eigenvalue weighted by atomic mass is 19.1. The van der Waals surface area contributed by atoms with Crippen LogP contribution in [-0.4, -0.2) is 54.4 Å². The third-order valence-electron chi connectivity index (χ3n) is 5.53. The largest absolute Gasteiger partial charge is 0.497 e. The molecule has 0 bridgehead atoms. The summed E-state index contributed by atoms with van der Waals surface area (Å²) in [6, 6.07) is 13.0. The SMILES string of the molecule is COc1ccc([C@@H]2CN(C(C)(C)CO)C[C@H]2NC(=O)Nc2ccc(F)cc2)cc1. The molecule has 1 fully saturated rings. The number of likely N-dealkylation sites (tertiary alicyclic amines) is 1. The summed E-state index contributed by atoms with van der Waals surface area (Å²) in [7, 11) is 1.63. The zero-order valence-corrected chi connectivity index (χ0v) is 17.0. The number of amides is 2. The van der Waals surface area contributed by atoms with Gasteiger partial charge < -0.3 is 20.5 Å². The zero-order valence-electron chi connectivity index (χ0n) is 17.0. The summed E-state index contributed by atoms with van der Waals surface area (Å²) in [4.78, 5) is 14.7. The third kappa shape index (κ3) is 5.05. The van der Waals surface area contributed by atoms with Gasteiger partial charge in [-0.2, -0.15) is 0 Å².